The van der Waals surface area contributed by atoms with Gasteiger partial charge in [0, 0.05) is 12.6 Å². The second-order valence-electron chi connectivity index (χ2n) is 4.50. The van der Waals surface area contributed by atoms with Gasteiger partial charge in [0.05, 0.1) is 0 Å². The molecular weight excluding hydrogens is 162 g/mol. The molecule has 0 aromatic carbocycles. The Morgan fingerprint density at radius 2 is 2.00 bits per heavy atom. The highest BCUT2D eigenvalue weighted by Crippen LogP contribution is 2.35. The fraction of sp³-hybridized carbons (Fsp3) is 1.00. The number of hydrogen-bond acceptors (Lipinski definition) is 2. The van der Waals surface area contributed by atoms with E-state index < -0.39 is 0 Å². The first-order valence-electron chi connectivity index (χ1n) is 5.48. The van der Waals surface area contributed by atoms with Crippen LogP contribution in [0.1, 0.15) is 32.6 Å². The number of aliphatic hydroxyl groups is 1. The summed E-state index contributed by atoms with van der Waals surface area (Å²) < 4.78 is 0. The van der Waals surface area contributed by atoms with E-state index in [1.807, 2.05) is 0 Å². The standard InChI is InChI=1S/C11H23NO/c1-4-9(8-13)11(12(2)3)10-6-5-7-10/h9-11,13H,4-8H2,1-3H3. The molecule has 1 aliphatic rings. The molecule has 1 aliphatic carbocycles. The van der Waals surface area contributed by atoms with Crippen molar-refractivity contribution in [1.29, 1.82) is 0 Å². The molecule has 0 radical (unpaired) electrons. The van der Waals surface area contributed by atoms with Gasteiger partial charge in [0.1, 0.15) is 0 Å². The first-order chi connectivity index (χ1) is 6.20. The van der Waals surface area contributed by atoms with Gasteiger partial charge in [-0.3, -0.25) is 0 Å². The number of nitrogens with zero attached hydrogens (tertiary/aromatic N) is 1. The Balaban J connectivity index is 2.53. The second kappa shape index (κ2) is 4.97. The summed E-state index contributed by atoms with van der Waals surface area (Å²) in [5, 5.41) is 9.29. The lowest BCUT2D eigenvalue weighted by Crippen LogP contribution is -2.45. The highest BCUT2D eigenvalue weighted by Gasteiger charge is 2.33. The molecular formula is C11H23NO. The highest BCUT2D eigenvalue weighted by molar-refractivity contribution is 4.86. The van der Waals surface area contributed by atoms with E-state index in [1.165, 1.54) is 19.3 Å². The lowest BCUT2D eigenvalue weighted by molar-refractivity contribution is 0.0554. The topological polar surface area (TPSA) is 23.5 Å². The number of aliphatic hydroxyl groups excluding tert-OH is 1. The van der Waals surface area contributed by atoms with Crippen molar-refractivity contribution in [2.75, 3.05) is 20.7 Å². The third-order valence-electron chi connectivity index (χ3n) is 3.47. The molecule has 2 nitrogen and oxygen atoms in total. The van der Waals surface area contributed by atoms with Crippen LogP contribution in [0.15, 0.2) is 0 Å². The monoisotopic (exact) mass is 185 g/mol. The van der Waals surface area contributed by atoms with Crippen LogP contribution in [0.4, 0.5) is 0 Å². The van der Waals surface area contributed by atoms with Gasteiger partial charge in [0.25, 0.3) is 0 Å². The molecule has 0 heterocycles. The molecule has 0 aliphatic heterocycles. The summed E-state index contributed by atoms with van der Waals surface area (Å²) >= 11 is 0. The fourth-order valence-corrected chi connectivity index (χ4v) is 2.49. The zero-order valence-corrected chi connectivity index (χ0v) is 9.16. The minimum absolute atomic E-state index is 0.343. The smallest absolute Gasteiger partial charge is 0.0474 e. The van der Waals surface area contributed by atoms with Crippen LogP contribution in [-0.4, -0.2) is 36.8 Å². The van der Waals surface area contributed by atoms with Gasteiger partial charge in [-0.25, -0.2) is 0 Å². The fourth-order valence-electron chi connectivity index (χ4n) is 2.49. The molecule has 1 fully saturated rings. The van der Waals surface area contributed by atoms with Gasteiger partial charge in [-0.15, -0.1) is 0 Å². The van der Waals surface area contributed by atoms with Crippen molar-refractivity contribution < 1.29 is 5.11 Å². The van der Waals surface area contributed by atoms with E-state index in [0.29, 0.717) is 18.6 Å². The van der Waals surface area contributed by atoms with E-state index >= 15 is 0 Å². The normalized spacial score (nSPS) is 22.8. The Hall–Kier alpha value is -0.0800. The van der Waals surface area contributed by atoms with Gasteiger partial charge in [0.2, 0.25) is 0 Å². The van der Waals surface area contributed by atoms with Crippen LogP contribution in [0.5, 0.6) is 0 Å². The Bertz CT molecular complexity index is 139. The van der Waals surface area contributed by atoms with Crippen LogP contribution in [-0.2, 0) is 0 Å². The lowest BCUT2D eigenvalue weighted by Gasteiger charge is -2.41. The molecule has 0 saturated heterocycles. The van der Waals surface area contributed by atoms with Crippen LogP contribution < -0.4 is 0 Å². The van der Waals surface area contributed by atoms with Gasteiger partial charge in [-0.05, 0) is 45.2 Å². The van der Waals surface area contributed by atoms with E-state index in [-0.39, 0.29) is 0 Å². The van der Waals surface area contributed by atoms with E-state index in [0.717, 1.165) is 12.3 Å². The lowest BCUT2D eigenvalue weighted by atomic mass is 9.74. The van der Waals surface area contributed by atoms with E-state index in [4.69, 9.17) is 0 Å². The maximum absolute atomic E-state index is 9.29. The molecule has 0 aromatic rings. The van der Waals surface area contributed by atoms with Crippen LogP contribution in [0.3, 0.4) is 0 Å². The van der Waals surface area contributed by atoms with Crippen molar-refractivity contribution in [1.82, 2.24) is 4.90 Å². The van der Waals surface area contributed by atoms with Gasteiger partial charge in [-0.1, -0.05) is 13.3 Å². The molecule has 1 N–H and O–H groups in total. The molecule has 2 atom stereocenters. The minimum Gasteiger partial charge on any atom is -0.396 e. The Labute approximate surface area is 81.9 Å². The average Bonchev–Trinajstić information content (AvgIpc) is 2.01. The van der Waals surface area contributed by atoms with Crippen LogP contribution in [0, 0.1) is 11.8 Å². The Kier molecular flexibility index (Phi) is 4.20. The summed E-state index contributed by atoms with van der Waals surface area (Å²) in [5.74, 6) is 1.31. The SMILES string of the molecule is CCC(CO)C(C1CCC1)N(C)C. The molecule has 0 amide bonds. The summed E-state index contributed by atoms with van der Waals surface area (Å²) in [6, 6.07) is 0.601. The quantitative estimate of drug-likeness (QED) is 0.705. The molecule has 13 heavy (non-hydrogen) atoms. The minimum atomic E-state index is 0.343. The first kappa shape index (κ1) is 11.0. The van der Waals surface area contributed by atoms with Crippen molar-refractivity contribution in [2.45, 2.75) is 38.6 Å². The van der Waals surface area contributed by atoms with Crippen molar-refractivity contribution >= 4 is 0 Å². The summed E-state index contributed by atoms with van der Waals surface area (Å²) in [7, 11) is 4.28. The summed E-state index contributed by atoms with van der Waals surface area (Å²) in [5.41, 5.74) is 0. The van der Waals surface area contributed by atoms with Crippen LogP contribution >= 0.6 is 0 Å². The first-order valence-corrected chi connectivity index (χ1v) is 5.48. The zero-order chi connectivity index (χ0) is 9.84. The zero-order valence-electron chi connectivity index (χ0n) is 9.16. The van der Waals surface area contributed by atoms with Crippen molar-refractivity contribution in [3.63, 3.8) is 0 Å². The average molecular weight is 185 g/mol. The molecule has 0 spiro atoms. The molecule has 1 rings (SSSR count). The molecule has 1 saturated carbocycles. The van der Waals surface area contributed by atoms with E-state index in [1.54, 1.807) is 0 Å². The third kappa shape index (κ3) is 2.44. The molecule has 78 valence electrons. The predicted molar refractivity (Wildman–Crippen MR) is 55.7 cm³/mol. The molecule has 2 heteroatoms. The maximum Gasteiger partial charge on any atom is 0.0474 e. The Morgan fingerprint density at radius 1 is 1.38 bits per heavy atom. The molecule has 0 bridgehead atoms. The molecule has 0 aromatic heterocycles. The Morgan fingerprint density at radius 3 is 2.23 bits per heavy atom. The molecule has 2 unspecified atom stereocenters. The summed E-state index contributed by atoms with van der Waals surface area (Å²) in [4.78, 5) is 2.30. The highest BCUT2D eigenvalue weighted by atomic mass is 16.3. The van der Waals surface area contributed by atoms with Gasteiger partial charge in [-0.2, -0.15) is 0 Å². The number of rotatable bonds is 5. The van der Waals surface area contributed by atoms with Gasteiger partial charge >= 0.3 is 0 Å². The van der Waals surface area contributed by atoms with Crippen LogP contribution in [0.25, 0.3) is 0 Å². The second-order valence-corrected chi connectivity index (χ2v) is 4.50. The third-order valence-corrected chi connectivity index (χ3v) is 3.47. The number of hydrogen-bond donors (Lipinski definition) is 1. The van der Waals surface area contributed by atoms with Gasteiger partial charge in [0.15, 0.2) is 0 Å². The largest absolute Gasteiger partial charge is 0.396 e. The predicted octanol–water partition coefficient (Wildman–Crippen LogP) is 1.74. The maximum atomic E-state index is 9.29. The van der Waals surface area contributed by atoms with Crippen molar-refractivity contribution in [2.24, 2.45) is 11.8 Å². The summed E-state index contributed by atoms with van der Waals surface area (Å²) in [6.45, 7) is 2.52. The van der Waals surface area contributed by atoms with Crippen LogP contribution in [0.2, 0.25) is 0 Å². The van der Waals surface area contributed by atoms with E-state index in [2.05, 4.69) is 25.9 Å². The van der Waals surface area contributed by atoms with Crippen molar-refractivity contribution in [3.8, 4) is 0 Å². The van der Waals surface area contributed by atoms with Crippen molar-refractivity contribution in [3.05, 3.63) is 0 Å². The van der Waals surface area contributed by atoms with Gasteiger partial charge < -0.3 is 10.0 Å². The summed E-state index contributed by atoms with van der Waals surface area (Å²) in [6.07, 6.45) is 5.20. The van der Waals surface area contributed by atoms with E-state index in [9.17, 15) is 5.11 Å².